The third-order valence-corrected chi connectivity index (χ3v) is 4.18. The number of rotatable bonds is 8. The second kappa shape index (κ2) is 6.53. The highest BCUT2D eigenvalue weighted by molar-refractivity contribution is 5.73. The lowest BCUT2D eigenvalue weighted by Gasteiger charge is -2.18. The van der Waals surface area contributed by atoms with E-state index in [0.29, 0.717) is 5.92 Å². The first-order chi connectivity index (χ1) is 8.70. The molecule has 0 amide bonds. The van der Waals surface area contributed by atoms with Gasteiger partial charge in [0.1, 0.15) is 6.04 Å². The first-order valence-electron chi connectivity index (χ1n) is 7.41. The Morgan fingerprint density at radius 3 is 2.83 bits per heavy atom. The molecule has 4 nitrogen and oxygen atoms in total. The highest BCUT2D eigenvalue weighted by atomic mass is 16.4. The first kappa shape index (κ1) is 13.8. The molecule has 1 aliphatic heterocycles. The molecule has 1 heterocycles. The van der Waals surface area contributed by atoms with Crippen LogP contribution in [0.2, 0.25) is 0 Å². The molecule has 0 aromatic rings. The summed E-state index contributed by atoms with van der Waals surface area (Å²) >= 11 is 0. The van der Waals surface area contributed by atoms with Crippen molar-refractivity contribution in [1.29, 1.82) is 0 Å². The van der Waals surface area contributed by atoms with Crippen LogP contribution in [0.1, 0.15) is 45.4 Å². The molecule has 0 radical (unpaired) electrons. The predicted octanol–water partition coefficient (Wildman–Crippen LogP) is 1.70. The van der Waals surface area contributed by atoms with Gasteiger partial charge in [-0.15, -0.1) is 0 Å². The van der Waals surface area contributed by atoms with E-state index in [-0.39, 0.29) is 6.04 Å². The molecule has 18 heavy (non-hydrogen) atoms. The van der Waals surface area contributed by atoms with Crippen molar-refractivity contribution in [1.82, 2.24) is 10.2 Å². The van der Waals surface area contributed by atoms with Crippen molar-refractivity contribution in [3.63, 3.8) is 0 Å². The smallest absolute Gasteiger partial charge is 0.320 e. The van der Waals surface area contributed by atoms with E-state index in [4.69, 9.17) is 5.11 Å². The zero-order chi connectivity index (χ0) is 13.0. The summed E-state index contributed by atoms with van der Waals surface area (Å²) in [5.74, 6) is -0.0467. The summed E-state index contributed by atoms with van der Waals surface area (Å²) in [7, 11) is 0. The van der Waals surface area contributed by atoms with E-state index in [1.807, 2.05) is 0 Å². The Morgan fingerprint density at radius 1 is 1.44 bits per heavy atom. The number of carboxylic acid groups (broad SMARTS) is 1. The summed E-state index contributed by atoms with van der Waals surface area (Å²) in [6, 6.07) is 0.505. The normalized spacial score (nSPS) is 26.4. The van der Waals surface area contributed by atoms with Crippen LogP contribution >= 0.6 is 0 Å². The molecule has 2 aliphatic rings. The van der Waals surface area contributed by atoms with Crippen LogP contribution in [0.25, 0.3) is 0 Å². The molecule has 0 aromatic carbocycles. The van der Waals surface area contributed by atoms with Gasteiger partial charge in [0.15, 0.2) is 0 Å². The molecule has 2 unspecified atom stereocenters. The van der Waals surface area contributed by atoms with Crippen molar-refractivity contribution in [2.24, 2.45) is 5.92 Å². The monoisotopic (exact) mass is 254 g/mol. The molecular weight excluding hydrogens is 228 g/mol. The second-order valence-electron chi connectivity index (χ2n) is 5.82. The summed E-state index contributed by atoms with van der Waals surface area (Å²) in [4.78, 5) is 13.7. The fourth-order valence-corrected chi connectivity index (χ4v) is 2.83. The molecule has 4 heteroatoms. The maximum Gasteiger partial charge on any atom is 0.320 e. The van der Waals surface area contributed by atoms with Crippen molar-refractivity contribution < 1.29 is 9.90 Å². The fraction of sp³-hybridized carbons (Fsp3) is 0.929. The Bertz CT molecular complexity index is 279. The maximum absolute atomic E-state index is 11.1. The minimum absolute atomic E-state index is 0.347. The standard InChI is InChI=1S/C14H26N2O2/c1-2-3-4-13(14(17)18)15-9-11-7-8-16(10-11)12-5-6-12/h11-13,15H,2-10H2,1H3,(H,17,18). The molecule has 0 aromatic heterocycles. The average Bonchev–Trinajstić information content (AvgIpc) is 3.09. The van der Waals surface area contributed by atoms with E-state index in [1.54, 1.807) is 0 Å². The minimum Gasteiger partial charge on any atom is -0.480 e. The Labute approximate surface area is 110 Å². The lowest BCUT2D eigenvalue weighted by Crippen LogP contribution is -2.40. The zero-order valence-electron chi connectivity index (χ0n) is 11.4. The van der Waals surface area contributed by atoms with Gasteiger partial charge in [0, 0.05) is 19.1 Å². The lowest BCUT2D eigenvalue weighted by atomic mass is 10.1. The number of hydrogen-bond acceptors (Lipinski definition) is 3. The van der Waals surface area contributed by atoms with Crippen LogP contribution in [0.5, 0.6) is 0 Å². The van der Waals surface area contributed by atoms with Gasteiger partial charge in [0.25, 0.3) is 0 Å². The summed E-state index contributed by atoms with van der Waals surface area (Å²) in [6.45, 7) is 5.34. The molecule has 1 saturated heterocycles. The molecule has 104 valence electrons. The predicted molar refractivity (Wildman–Crippen MR) is 71.7 cm³/mol. The Balaban J connectivity index is 1.67. The van der Waals surface area contributed by atoms with Crippen LogP contribution in [0.3, 0.4) is 0 Å². The Morgan fingerprint density at radius 2 is 2.22 bits per heavy atom. The van der Waals surface area contributed by atoms with Crippen LogP contribution < -0.4 is 5.32 Å². The van der Waals surface area contributed by atoms with E-state index < -0.39 is 5.97 Å². The Hall–Kier alpha value is -0.610. The average molecular weight is 254 g/mol. The number of unbranched alkanes of at least 4 members (excludes halogenated alkanes) is 1. The zero-order valence-corrected chi connectivity index (χ0v) is 11.4. The number of nitrogens with one attached hydrogen (secondary N) is 1. The number of nitrogens with zero attached hydrogens (tertiary/aromatic N) is 1. The number of hydrogen-bond donors (Lipinski definition) is 2. The van der Waals surface area contributed by atoms with Gasteiger partial charge < -0.3 is 15.3 Å². The van der Waals surface area contributed by atoms with E-state index in [1.165, 1.54) is 25.8 Å². The highest BCUT2D eigenvalue weighted by Crippen LogP contribution is 2.31. The molecule has 0 spiro atoms. The molecule has 2 rings (SSSR count). The van der Waals surface area contributed by atoms with Crippen molar-refractivity contribution >= 4 is 5.97 Å². The van der Waals surface area contributed by atoms with Crippen LogP contribution in [0.15, 0.2) is 0 Å². The van der Waals surface area contributed by atoms with E-state index in [2.05, 4.69) is 17.1 Å². The third-order valence-electron chi connectivity index (χ3n) is 4.18. The second-order valence-corrected chi connectivity index (χ2v) is 5.82. The van der Waals surface area contributed by atoms with Gasteiger partial charge in [-0.25, -0.2) is 0 Å². The van der Waals surface area contributed by atoms with E-state index >= 15 is 0 Å². The Kier molecular flexibility index (Phi) is 5.01. The van der Waals surface area contributed by atoms with Crippen LogP contribution in [0.4, 0.5) is 0 Å². The molecular formula is C14H26N2O2. The molecule has 1 aliphatic carbocycles. The summed E-state index contributed by atoms with van der Waals surface area (Å²) in [6.07, 6.45) is 6.77. The first-order valence-corrected chi connectivity index (χ1v) is 7.41. The number of carboxylic acids is 1. The molecule has 2 N–H and O–H groups in total. The SMILES string of the molecule is CCCCC(NCC1CCN(C2CC2)C1)C(=O)O. The van der Waals surface area contributed by atoms with Crippen LogP contribution in [-0.4, -0.2) is 47.7 Å². The highest BCUT2D eigenvalue weighted by Gasteiger charge is 2.34. The number of aliphatic carboxylic acids is 1. The minimum atomic E-state index is -0.694. The van der Waals surface area contributed by atoms with Gasteiger partial charge in [-0.3, -0.25) is 4.79 Å². The summed E-state index contributed by atoms with van der Waals surface area (Å²) in [5, 5.41) is 12.4. The number of likely N-dealkylation sites (tertiary alicyclic amines) is 1. The van der Waals surface area contributed by atoms with Crippen LogP contribution in [-0.2, 0) is 4.79 Å². The lowest BCUT2D eigenvalue weighted by molar-refractivity contribution is -0.139. The van der Waals surface area contributed by atoms with E-state index in [0.717, 1.165) is 38.4 Å². The topological polar surface area (TPSA) is 52.6 Å². The van der Waals surface area contributed by atoms with Crippen molar-refractivity contribution in [2.45, 2.75) is 57.5 Å². The molecule has 2 fully saturated rings. The number of carbonyl (C=O) groups is 1. The van der Waals surface area contributed by atoms with Crippen molar-refractivity contribution in [3.8, 4) is 0 Å². The van der Waals surface area contributed by atoms with Gasteiger partial charge >= 0.3 is 5.97 Å². The van der Waals surface area contributed by atoms with Crippen molar-refractivity contribution in [2.75, 3.05) is 19.6 Å². The van der Waals surface area contributed by atoms with Gasteiger partial charge in [0.05, 0.1) is 0 Å². The maximum atomic E-state index is 11.1. The van der Waals surface area contributed by atoms with Gasteiger partial charge in [-0.05, 0) is 38.1 Å². The molecule has 0 bridgehead atoms. The molecule has 2 atom stereocenters. The largest absolute Gasteiger partial charge is 0.480 e. The third kappa shape index (κ3) is 3.95. The summed E-state index contributed by atoms with van der Waals surface area (Å²) in [5.41, 5.74) is 0. The van der Waals surface area contributed by atoms with E-state index in [9.17, 15) is 4.79 Å². The molecule has 1 saturated carbocycles. The van der Waals surface area contributed by atoms with Crippen LogP contribution in [0, 0.1) is 5.92 Å². The fourth-order valence-electron chi connectivity index (χ4n) is 2.83. The van der Waals surface area contributed by atoms with Gasteiger partial charge in [-0.2, -0.15) is 0 Å². The van der Waals surface area contributed by atoms with Gasteiger partial charge in [-0.1, -0.05) is 19.8 Å². The van der Waals surface area contributed by atoms with Crippen molar-refractivity contribution in [3.05, 3.63) is 0 Å². The summed E-state index contributed by atoms with van der Waals surface area (Å²) < 4.78 is 0. The van der Waals surface area contributed by atoms with Gasteiger partial charge in [0.2, 0.25) is 0 Å². The quantitative estimate of drug-likeness (QED) is 0.692.